The van der Waals surface area contributed by atoms with Crippen molar-refractivity contribution in [1.29, 1.82) is 5.41 Å². The zero-order valence-corrected chi connectivity index (χ0v) is 7.53. The Morgan fingerprint density at radius 3 is 2.47 bits per heavy atom. The maximum absolute atomic E-state index is 11.0. The first-order valence-corrected chi connectivity index (χ1v) is 3.79. The molecule has 0 aromatic heterocycles. The minimum absolute atomic E-state index is 0.455. The van der Waals surface area contributed by atoms with Gasteiger partial charge >= 0.3 is 0 Å². The first-order chi connectivity index (χ1) is 9.18. The van der Waals surface area contributed by atoms with E-state index in [1.54, 1.807) is 0 Å². The molecule has 0 bridgehead atoms. The van der Waals surface area contributed by atoms with Crippen LogP contribution in [0.15, 0.2) is 40.4 Å². The van der Waals surface area contributed by atoms with Crippen LogP contribution in [0.4, 0.5) is 5.69 Å². The van der Waals surface area contributed by atoms with E-state index in [0.717, 1.165) is 0 Å². The zero-order chi connectivity index (χ0) is 15.6. The van der Waals surface area contributed by atoms with Crippen LogP contribution in [0.25, 0.3) is 0 Å². The monoisotopic (exact) mass is 210 g/mol. The summed E-state index contributed by atoms with van der Waals surface area (Å²) >= 11 is 0. The second-order valence-corrected chi connectivity index (χ2v) is 2.45. The van der Waals surface area contributed by atoms with Gasteiger partial charge in [0.1, 0.15) is 5.84 Å². The van der Waals surface area contributed by atoms with Gasteiger partial charge in [-0.2, -0.15) is 10.2 Å². The molecular formula is C9H11N5O. The van der Waals surface area contributed by atoms with E-state index in [1.807, 2.05) is 0 Å². The Labute approximate surface area is 93.5 Å². The van der Waals surface area contributed by atoms with Crippen molar-refractivity contribution in [3.8, 4) is 0 Å². The number of carbonyl (C=O) groups excluding carboxylic acids is 1. The summed E-state index contributed by atoms with van der Waals surface area (Å²) in [6, 6.07) is -4.44. The number of azo groups is 1. The number of nitrogens with two attached hydrogens (primary N) is 2. The maximum Gasteiger partial charge on any atom is 0.251 e. The van der Waals surface area contributed by atoms with Crippen molar-refractivity contribution in [2.45, 2.75) is 6.04 Å². The van der Waals surface area contributed by atoms with Crippen molar-refractivity contribution >= 4 is 17.4 Å². The number of nitrogens with zero attached hydrogens (tertiary/aromatic N) is 2. The molecule has 1 unspecified atom stereocenters. The van der Waals surface area contributed by atoms with E-state index in [9.17, 15) is 4.79 Å². The molecule has 0 aliphatic heterocycles. The maximum atomic E-state index is 11.0. The Morgan fingerprint density at radius 1 is 1.40 bits per heavy atom. The Kier molecular flexibility index (Phi) is 1.81. The van der Waals surface area contributed by atoms with Crippen LogP contribution in [0.2, 0.25) is 0 Å². The molecule has 1 atom stereocenters. The van der Waals surface area contributed by atoms with Crippen molar-refractivity contribution in [1.82, 2.24) is 0 Å². The van der Waals surface area contributed by atoms with E-state index < -0.39 is 53.7 Å². The number of primary amides is 1. The fraction of sp³-hybridized carbons (Fsp3) is 0.111. The van der Waals surface area contributed by atoms with Crippen LogP contribution >= 0.6 is 0 Å². The van der Waals surface area contributed by atoms with Gasteiger partial charge in [-0.1, -0.05) is 18.1 Å². The highest BCUT2D eigenvalue weighted by Crippen LogP contribution is 2.10. The molecule has 0 saturated heterocycles. The minimum Gasteiger partial charge on any atom is -0.385 e. The third kappa shape index (κ3) is 3.18. The molecule has 78 valence electrons. The van der Waals surface area contributed by atoms with Gasteiger partial charge in [0.2, 0.25) is 6.04 Å². The zero-order valence-electron chi connectivity index (χ0n) is 12.5. The van der Waals surface area contributed by atoms with Gasteiger partial charge in [-0.25, -0.2) is 0 Å². The third-order valence-electron chi connectivity index (χ3n) is 1.32. The Balaban J connectivity index is 3.35. The van der Waals surface area contributed by atoms with E-state index in [-0.39, 0.29) is 0 Å². The van der Waals surface area contributed by atoms with Crippen molar-refractivity contribution in [2.24, 2.45) is 21.7 Å². The van der Waals surface area contributed by atoms with Crippen molar-refractivity contribution < 1.29 is 11.6 Å². The molecule has 1 aromatic rings. The molecule has 0 aliphatic carbocycles. The fourth-order valence-electron chi connectivity index (χ4n) is 0.681. The largest absolute Gasteiger partial charge is 0.385 e. The number of hydrogen-bond acceptors (Lipinski definition) is 4. The van der Waals surface area contributed by atoms with Crippen LogP contribution in [0.5, 0.6) is 0 Å². The molecule has 1 rings (SSSR count). The normalized spacial score (nSPS) is 17.2. The minimum atomic E-state index is -1.55. The highest BCUT2D eigenvalue weighted by atomic mass is 16.1. The Morgan fingerprint density at radius 2 is 2.00 bits per heavy atom. The molecule has 0 spiro atoms. The molecule has 6 heteroatoms. The quantitative estimate of drug-likeness (QED) is 0.382. The first-order valence-electron chi connectivity index (χ1n) is 6.29. The number of nitrogens with one attached hydrogen (secondary N) is 1. The second-order valence-electron chi connectivity index (χ2n) is 2.45. The molecule has 5 N–H and O–H groups in total. The molecule has 15 heavy (non-hydrogen) atoms. The van der Waals surface area contributed by atoms with E-state index in [0.29, 0.717) is 0 Å². The number of carbonyl (C=O) groups is 1. The van der Waals surface area contributed by atoms with Gasteiger partial charge < -0.3 is 11.5 Å². The molecule has 1 aromatic carbocycles. The van der Waals surface area contributed by atoms with Gasteiger partial charge in [0, 0.05) is 0 Å². The van der Waals surface area contributed by atoms with Crippen molar-refractivity contribution in [3.63, 3.8) is 0 Å². The molecule has 1 amide bonds. The molecule has 0 aliphatic rings. The van der Waals surface area contributed by atoms with E-state index in [1.165, 1.54) is 0 Å². The summed E-state index contributed by atoms with van der Waals surface area (Å²) in [6.45, 7) is 0. The highest BCUT2D eigenvalue weighted by molar-refractivity contribution is 6.04. The predicted molar refractivity (Wildman–Crippen MR) is 55.9 cm³/mol. The lowest BCUT2D eigenvalue weighted by atomic mass is 10.3. The summed E-state index contributed by atoms with van der Waals surface area (Å²) in [5.74, 6) is -1.69. The summed E-state index contributed by atoms with van der Waals surface area (Å²) < 4.78 is 37.4. The summed E-state index contributed by atoms with van der Waals surface area (Å²) in [5.41, 5.74) is 9.59. The van der Waals surface area contributed by atoms with Gasteiger partial charge in [0.05, 0.1) is 12.5 Å². The first kappa shape index (κ1) is 5.59. The van der Waals surface area contributed by atoms with Gasteiger partial charge in [-0.05, 0) is 12.1 Å². The SMILES string of the molecule is [2H]c1c([2H])c([2H])c(N=NC(C(=N)N)C(N)=O)c([2H])c1[2H]. The molecular weight excluding hydrogens is 194 g/mol. The van der Waals surface area contributed by atoms with Crippen molar-refractivity contribution in [2.75, 3.05) is 0 Å². The lowest BCUT2D eigenvalue weighted by Gasteiger charge is -2.03. The molecule has 0 fully saturated rings. The van der Waals surface area contributed by atoms with Crippen LogP contribution in [0.1, 0.15) is 6.85 Å². The van der Waals surface area contributed by atoms with Gasteiger partial charge in [-0.3, -0.25) is 10.2 Å². The van der Waals surface area contributed by atoms with Crippen LogP contribution < -0.4 is 11.5 Å². The summed E-state index contributed by atoms with van der Waals surface area (Å²) in [4.78, 5) is 11.0. The lowest BCUT2D eigenvalue weighted by molar-refractivity contribution is -0.117. The topological polar surface area (TPSA) is 118 Å². The molecule has 6 nitrogen and oxygen atoms in total. The molecule has 0 radical (unpaired) electrons. The van der Waals surface area contributed by atoms with Gasteiger partial charge in [0.15, 0.2) is 0 Å². The van der Waals surface area contributed by atoms with Gasteiger partial charge in [-0.15, -0.1) is 0 Å². The average Bonchev–Trinajstić information content (AvgIpc) is 2.37. The number of benzene rings is 1. The Bertz CT molecular complexity index is 574. The van der Waals surface area contributed by atoms with Crippen molar-refractivity contribution in [3.05, 3.63) is 30.2 Å². The van der Waals surface area contributed by atoms with E-state index in [2.05, 4.69) is 10.2 Å². The second kappa shape index (κ2) is 4.85. The number of hydrogen-bond donors (Lipinski definition) is 3. The number of rotatable bonds is 4. The standard InChI is InChI=1S/C9H11N5O/c10-8(11)7(9(12)15)14-13-6-4-2-1-3-5-6/h1-5,7H,(H3,10,11)(H2,12,15)/i1D,2D,3D,4D,5D. The third-order valence-corrected chi connectivity index (χ3v) is 1.32. The Hall–Kier alpha value is -2.24. The van der Waals surface area contributed by atoms with E-state index >= 15 is 0 Å². The van der Waals surface area contributed by atoms with Crippen LogP contribution in [-0.4, -0.2) is 17.8 Å². The van der Waals surface area contributed by atoms with Crippen LogP contribution in [0.3, 0.4) is 0 Å². The molecule has 0 heterocycles. The average molecular weight is 210 g/mol. The lowest BCUT2D eigenvalue weighted by Crippen LogP contribution is -2.38. The summed E-state index contributed by atoms with van der Waals surface area (Å²) in [5, 5.41) is 13.9. The number of amidine groups is 1. The van der Waals surface area contributed by atoms with Gasteiger partial charge in [0.25, 0.3) is 5.91 Å². The number of amides is 1. The van der Waals surface area contributed by atoms with Crippen LogP contribution in [0, 0.1) is 5.41 Å². The fourth-order valence-corrected chi connectivity index (χ4v) is 0.681. The predicted octanol–water partition coefficient (Wildman–Crippen LogP) is 0.560. The summed E-state index contributed by atoms with van der Waals surface area (Å²) in [7, 11) is 0. The highest BCUT2D eigenvalue weighted by Gasteiger charge is 2.17. The smallest absolute Gasteiger partial charge is 0.251 e. The molecule has 0 saturated carbocycles. The van der Waals surface area contributed by atoms with E-state index in [4.69, 9.17) is 23.7 Å². The van der Waals surface area contributed by atoms with Crippen LogP contribution in [-0.2, 0) is 4.79 Å². The summed E-state index contributed by atoms with van der Waals surface area (Å²) in [6.07, 6.45) is 0.